The molecular weight excluding hydrogens is 354 g/mol. The van der Waals surface area contributed by atoms with E-state index in [0.717, 1.165) is 10.0 Å². The third kappa shape index (κ3) is 3.71. The molecule has 0 saturated heterocycles. The fourth-order valence-electron chi connectivity index (χ4n) is 1.74. The summed E-state index contributed by atoms with van der Waals surface area (Å²) in [5.41, 5.74) is 1.89. The first-order valence-corrected chi connectivity index (χ1v) is 8.02. The molecule has 1 aromatic carbocycles. The summed E-state index contributed by atoms with van der Waals surface area (Å²) in [7, 11) is 0. The van der Waals surface area contributed by atoms with Crippen LogP contribution in [-0.2, 0) is 4.74 Å². The van der Waals surface area contributed by atoms with Crippen LogP contribution in [0.5, 0.6) is 0 Å². The Morgan fingerprint density at radius 1 is 1.33 bits per heavy atom. The van der Waals surface area contributed by atoms with Gasteiger partial charge in [-0.15, -0.1) is 11.3 Å². The van der Waals surface area contributed by atoms with Crippen molar-refractivity contribution >= 4 is 44.1 Å². The standard InChI is InChI=1S/C15H14BrNO3S/c1-3-20-15(19)11-6-7-21-14(11)17-13(18)10-4-5-12(16)9(2)8-10/h4-8H,3H2,1-2H3,(H,17,18). The van der Waals surface area contributed by atoms with E-state index >= 15 is 0 Å². The van der Waals surface area contributed by atoms with Crippen LogP contribution in [0.1, 0.15) is 33.2 Å². The number of hydrogen-bond donors (Lipinski definition) is 1. The maximum Gasteiger partial charge on any atom is 0.341 e. The molecule has 0 unspecified atom stereocenters. The largest absolute Gasteiger partial charge is 0.462 e. The van der Waals surface area contributed by atoms with Crippen molar-refractivity contribution in [3.63, 3.8) is 0 Å². The van der Waals surface area contributed by atoms with Crippen molar-refractivity contribution in [1.29, 1.82) is 0 Å². The summed E-state index contributed by atoms with van der Waals surface area (Å²) in [6, 6.07) is 6.98. The first-order chi connectivity index (χ1) is 10.0. The highest BCUT2D eigenvalue weighted by atomic mass is 79.9. The van der Waals surface area contributed by atoms with E-state index in [2.05, 4.69) is 21.2 Å². The molecule has 0 fully saturated rings. The molecule has 0 atom stereocenters. The molecule has 0 aliphatic carbocycles. The van der Waals surface area contributed by atoms with Crippen molar-refractivity contribution in [2.75, 3.05) is 11.9 Å². The molecule has 21 heavy (non-hydrogen) atoms. The van der Waals surface area contributed by atoms with Gasteiger partial charge in [0.25, 0.3) is 5.91 Å². The van der Waals surface area contributed by atoms with Crippen molar-refractivity contribution < 1.29 is 14.3 Å². The maximum atomic E-state index is 12.2. The number of carbonyl (C=O) groups is 2. The predicted octanol–water partition coefficient (Wildman–Crippen LogP) is 4.25. The Balaban J connectivity index is 2.18. The van der Waals surface area contributed by atoms with Crippen LogP contribution in [0.4, 0.5) is 5.00 Å². The van der Waals surface area contributed by atoms with E-state index < -0.39 is 5.97 Å². The van der Waals surface area contributed by atoms with E-state index in [0.29, 0.717) is 22.7 Å². The predicted molar refractivity (Wildman–Crippen MR) is 87.1 cm³/mol. The zero-order chi connectivity index (χ0) is 15.4. The van der Waals surface area contributed by atoms with Gasteiger partial charge in [-0.3, -0.25) is 4.79 Å². The molecule has 4 nitrogen and oxygen atoms in total. The van der Waals surface area contributed by atoms with Gasteiger partial charge in [0.1, 0.15) is 5.00 Å². The van der Waals surface area contributed by atoms with Gasteiger partial charge in [0.05, 0.1) is 12.2 Å². The Kier molecular flexibility index (Phi) is 5.14. The second kappa shape index (κ2) is 6.87. The first kappa shape index (κ1) is 15.7. The SMILES string of the molecule is CCOC(=O)c1ccsc1NC(=O)c1ccc(Br)c(C)c1. The minimum atomic E-state index is -0.430. The van der Waals surface area contributed by atoms with E-state index in [1.807, 2.05) is 13.0 Å². The van der Waals surface area contributed by atoms with Crippen LogP contribution in [0.3, 0.4) is 0 Å². The summed E-state index contributed by atoms with van der Waals surface area (Å²) in [6.07, 6.45) is 0. The number of thiophene rings is 1. The van der Waals surface area contributed by atoms with Crippen LogP contribution < -0.4 is 5.32 Å². The fourth-order valence-corrected chi connectivity index (χ4v) is 2.75. The number of esters is 1. The molecule has 110 valence electrons. The van der Waals surface area contributed by atoms with Gasteiger partial charge in [-0.05, 0) is 49.1 Å². The van der Waals surface area contributed by atoms with Gasteiger partial charge in [0.2, 0.25) is 0 Å². The minimum absolute atomic E-state index is 0.251. The van der Waals surface area contributed by atoms with Gasteiger partial charge < -0.3 is 10.1 Å². The summed E-state index contributed by atoms with van der Waals surface area (Å²) in [4.78, 5) is 24.0. The summed E-state index contributed by atoms with van der Waals surface area (Å²) >= 11 is 4.69. The van der Waals surface area contributed by atoms with Crippen molar-refractivity contribution in [3.8, 4) is 0 Å². The van der Waals surface area contributed by atoms with E-state index in [1.54, 1.807) is 30.5 Å². The maximum absolute atomic E-state index is 12.2. The molecule has 0 bridgehead atoms. The Morgan fingerprint density at radius 2 is 2.10 bits per heavy atom. The number of anilines is 1. The molecular formula is C15H14BrNO3S. The van der Waals surface area contributed by atoms with Crippen molar-refractivity contribution in [1.82, 2.24) is 0 Å². The fraction of sp³-hybridized carbons (Fsp3) is 0.200. The molecule has 2 rings (SSSR count). The summed E-state index contributed by atoms with van der Waals surface area (Å²) in [6.45, 7) is 3.96. The quantitative estimate of drug-likeness (QED) is 0.821. The lowest BCUT2D eigenvalue weighted by Gasteiger charge is -2.07. The summed E-state index contributed by atoms with van der Waals surface area (Å²) < 4.78 is 5.91. The number of ether oxygens (including phenoxy) is 1. The van der Waals surface area contributed by atoms with Crippen LogP contribution >= 0.6 is 27.3 Å². The second-order valence-electron chi connectivity index (χ2n) is 4.30. The molecule has 0 radical (unpaired) electrons. The Labute approximate surface area is 135 Å². The van der Waals surface area contributed by atoms with Gasteiger partial charge in [-0.25, -0.2) is 4.79 Å². The van der Waals surface area contributed by atoms with Gasteiger partial charge in [0, 0.05) is 10.0 Å². The Hall–Kier alpha value is -1.66. The number of hydrogen-bond acceptors (Lipinski definition) is 4. The van der Waals surface area contributed by atoms with Gasteiger partial charge in [-0.1, -0.05) is 15.9 Å². The lowest BCUT2D eigenvalue weighted by Crippen LogP contribution is -2.14. The number of halogens is 1. The van der Waals surface area contributed by atoms with Crippen LogP contribution in [0, 0.1) is 6.92 Å². The minimum Gasteiger partial charge on any atom is -0.462 e. The van der Waals surface area contributed by atoms with Crippen molar-refractivity contribution in [2.24, 2.45) is 0 Å². The second-order valence-corrected chi connectivity index (χ2v) is 6.07. The van der Waals surface area contributed by atoms with E-state index in [-0.39, 0.29) is 5.91 Å². The summed E-state index contributed by atoms with van der Waals surface area (Å²) in [5.74, 6) is -0.681. The molecule has 0 aliphatic rings. The monoisotopic (exact) mass is 367 g/mol. The zero-order valence-electron chi connectivity index (χ0n) is 11.6. The van der Waals surface area contributed by atoms with Crippen LogP contribution in [0.2, 0.25) is 0 Å². The molecule has 2 aromatic rings. The van der Waals surface area contributed by atoms with Crippen LogP contribution in [0.15, 0.2) is 34.1 Å². The lowest BCUT2D eigenvalue weighted by molar-refractivity contribution is 0.0528. The number of rotatable bonds is 4. The van der Waals surface area contributed by atoms with Crippen LogP contribution in [-0.4, -0.2) is 18.5 Å². The molecule has 0 saturated carbocycles. The Bertz CT molecular complexity index is 681. The highest BCUT2D eigenvalue weighted by Gasteiger charge is 2.17. The number of benzene rings is 1. The van der Waals surface area contributed by atoms with Gasteiger partial charge in [-0.2, -0.15) is 0 Å². The number of carbonyl (C=O) groups excluding carboxylic acids is 2. The average molecular weight is 368 g/mol. The van der Waals surface area contributed by atoms with E-state index in [4.69, 9.17) is 4.74 Å². The molecule has 0 spiro atoms. The summed E-state index contributed by atoms with van der Waals surface area (Å²) in [5, 5.41) is 5.00. The third-order valence-electron chi connectivity index (χ3n) is 2.81. The molecule has 1 amide bonds. The van der Waals surface area contributed by atoms with Crippen LogP contribution in [0.25, 0.3) is 0 Å². The normalized spacial score (nSPS) is 10.2. The van der Waals surface area contributed by atoms with Gasteiger partial charge >= 0.3 is 5.97 Å². The van der Waals surface area contributed by atoms with Crippen molar-refractivity contribution in [2.45, 2.75) is 13.8 Å². The molecule has 1 heterocycles. The van der Waals surface area contributed by atoms with E-state index in [1.165, 1.54) is 11.3 Å². The first-order valence-electron chi connectivity index (χ1n) is 6.35. The van der Waals surface area contributed by atoms with E-state index in [9.17, 15) is 9.59 Å². The number of nitrogens with one attached hydrogen (secondary N) is 1. The third-order valence-corrected chi connectivity index (χ3v) is 4.53. The van der Waals surface area contributed by atoms with Gasteiger partial charge in [0.15, 0.2) is 0 Å². The highest BCUT2D eigenvalue weighted by molar-refractivity contribution is 9.10. The number of aryl methyl sites for hydroxylation is 1. The molecule has 6 heteroatoms. The zero-order valence-corrected chi connectivity index (χ0v) is 14.0. The Morgan fingerprint density at radius 3 is 2.76 bits per heavy atom. The lowest BCUT2D eigenvalue weighted by atomic mass is 10.1. The van der Waals surface area contributed by atoms with Crippen molar-refractivity contribution in [3.05, 3.63) is 50.8 Å². The smallest absolute Gasteiger partial charge is 0.341 e. The number of amides is 1. The molecule has 0 aliphatic heterocycles. The average Bonchev–Trinajstić information content (AvgIpc) is 2.90. The molecule has 1 N–H and O–H groups in total. The highest BCUT2D eigenvalue weighted by Crippen LogP contribution is 2.25. The molecule has 1 aromatic heterocycles. The topological polar surface area (TPSA) is 55.4 Å².